The molecule has 0 radical (unpaired) electrons. The quantitative estimate of drug-likeness (QED) is 0.919. The molecule has 1 unspecified atom stereocenters. The van der Waals surface area contributed by atoms with Gasteiger partial charge in [-0.2, -0.15) is 0 Å². The van der Waals surface area contributed by atoms with E-state index in [4.69, 9.17) is 11.6 Å². The van der Waals surface area contributed by atoms with Gasteiger partial charge in [0.25, 0.3) is 0 Å². The minimum absolute atomic E-state index is 0.0192. The molecule has 0 spiro atoms. The fraction of sp³-hybridized carbons (Fsp3) is 0.286. The van der Waals surface area contributed by atoms with Crippen LogP contribution in [-0.4, -0.2) is 16.5 Å². The van der Waals surface area contributed by atoms with Gasteiger partial charge in [0.05, 0.1) is 6.04 Å². The minimum atomic E-state index is -0.0192. The van der Waals surface area contributed by atoms with Crippen molar-refractivity contribution in [1.82, 2.24) is 15.3 Å². The van der Waals surface area contributed by atoms with Crippen LogP contribution in [0.4, 0.5) is 0 Å². The molecule has 4 heteroatoms. The Morgan fingerprint density at radius 1 is 1.28 bits per heavy atom. The lowest BCUT2D eigenvalue weighted by molar-refractivity contribution is 0.596. The van der Waals surface area contributed by atoms with Gasteiger partial charge in [-0.05, 0) is 36.7 Å². The van der Waals surface area contributed by atoms with Gasteiger partial charge in [0.2, 0.25) is 0 Å². The zero-order valence-corrected chi connectivity index (χ0v) is 11.3. The number of benzene rings is 1. The normalized spacial score (nSPS) is 12.4. The van der Waals surface area contributed by atoms with Crippen LogP contribution >= 0.6 is 11.6 Å². The highest BCUT2D eigenvalue weighted by atomic mass is 35.5. The van der Waals surface area contributed by atoms with E-state index in [0.717, 1.165) is 28.5 Å². The molecule has 1 aromatic heterocycles. The SMILES string of the molecule is CCNC(c1cccc(Cl)c1)c1ncc(C)cn1. The van der Waals surface area contributed by atoms with Crippen molar-refractivity contribution >= 4 is 11.6 Å². The number of aryl methyl sites for hydroxylation is 1. The lowest BCUT2D eigenvalue weighted by Gasteiger charge is -2.17. The van der Waals surface area contributed by atoms with Crippen molar-refractivity contribution in [3.63, 3.8) is 0 Å². The fourth-order valence-corrected chi connectivity index (χ4v) is 2.00. The Labute approximate surface area is 112 Å². The van der Waals surface area contributed by atoms with Crippen molar-refractivity contribution in [2.24, 2.45) is 0 Å². The van der Waals surface area contributed by atoms with Gasteiger partial charge in [0, 0.05) is 17.4 Å². The minimum Gasteiger partial charge on any atom is -0.304 e. The van der Waals surface area contributed by atoms with Gasteiger partial charge in [-0.3, -0.25) is 0 Å². The molecular weight excluding hydrogens is 246 g/mol. The summed E-state index contributed by atoms with van der Waals surface area (Å²) >= 11 is 6.03. The molecule has 2 aromatic rings. The molecule has 1 aromatic carbocycles. The van der Waals surface area contributed by atoms with E-state index in [9.17, 15) is 0 Å². The average molecular weight is 262 g/mol. The number of aromatic nitrogens is 2. The van der Waals surface area contributed by atoms with Crippen LogP contribution in [0.25, 0.3) is 0 Å². The topological polar surface area (TPSA) is 37.8 Å². The van der Waals surface area contributed by atoms with Gasteiger partial charge < -0.3 is 5.32 Å². The van der Waals surface area contributed by atoms with Crippen LogP contribution in [0.3, 0.4) is 0 Å². The predicted molar refractivity (Wildman–Crippen MR) is 73.7 cm³/mol. The Kier molecular flexibility index (Phi) is 4.28. The maximum atomic E-state index is 6.03. The van der Waals surface area contributed by atoms with Crippen molar-refractivity contribution in [1.29, 1.82) is 0 Å². The van der Waals surface area contributed by atoms with Crippen LogP contribution in [0.1, 0.15) is 29.9 Å². The van der Waals surface area contributed by atoms with Gasteiger partial charge in [-0.25, -0.2) is 9.97 Å². The van der Waals surface area contributed by atoms with Gasteiger partial charge in [-0.1, -0.05) is 30.7 Å². The first-order valence-corrected chi connectivity index (χ1v) is 6.36. The number of hydrogen-bond acceptors (Lipinski definition) is 3. The second kappa shape index (κ2) is 5.94. The summed E-state index contributed by atoms with van der Waals surface area (Å²) in [6, 6.07) is 7.76. The smallest absolute Gasteiger partial charge is 0.149 e. The summed E-state index contributed by atoms with van der Waals surface area (Å²) in [5.74, 6) is 0.768. The van der Waals surface area contributed by atoms with Crippen LogP contribution in [0.2, 0.25) is 5.02 Å². The van der Waals surface area contributed by atoms with Crippen LogP contribution in [0, 0.1) is 6.92 Å². The largest absolute Gasteiger partial charge is 0.304 e. The third kappa shape index (κ3) is 3.06. The average Bonchev–Trinajstić information content (AvgIpc) is 2.37. The summed E-state index contributed by atoms with van der Waals surface area (Å²) in [5, 5.41) is 4.10. The van der Waals surface area contributed by atoms with E-state index in [1.54, 1.807) is 0 Å². The van der Waals surface area contributed by atoms with Crippen LogP contribution in [0.5, 0.6) is 0 Å². The molecule has 0 saturated carbocycles. The van der Waals surface area contributed by atoms with Crippen LogP contribution in [-0.2, 0) is 0 Å². The summed E-state index contributed by atoms with van der Waals surface area (Å²) in [4.78, 5) is 8.77. The number of nitrogens with zero attached hydrogens (tertiary/aromatic N) is 2. The molecule has 1 heterocycles. The number of halogens is 1. The molecule has 2 rings (SSSR count). The maximum absolute atomic E-state index is 6.03. The molecule has 1 atom stereocenters. The molecule has 94 valence electrons. The molecule has 0 aliphatic rings. The third-order valence-corrected chi connectivity index (χ3v) is 2.88. The van der Waals surface area contributed by atoms with Crippen molar-refractivity contribution in [3.8, 4) is 0 Å². The summed E-state index contributed by atoms with van der Waals surface area (Å²) in [7, 11) is 0. The van der Waals surface area contributed by atoms with Crippen molar-refractivity contribution in [3.05, 3.63) is 58.6 Å². The second-order valence-electron chi connectivity index (χ2n) is 4.16. The summed E-state index contributed by atoms with van der Waals surface area (Å²) in [5.41, 5.74) is 2.13. The molecule has 0 aliphatic heterocycles. The molecule has 18 heavy (non-hydrogen) atoms. The van der Waals surface area contributed by atoms with Crippen molar-refractivity contribution in [2.45, 2.75) is 19.9 Å². The van der Waals surface area contributed by atoms with E-state index in [-0.39, 0.29) is 6.04 Å². The fourth-order valence-electron chi connectivity index (χ4n) is 1.80. The Balaban J connectivity index is 2.36. The highest BCUT2D eigenvalue weighted by Gasteiger charge is 2.15. The Morgan fingerprint density at radius 3 is 2.61 bits per heavy atom. The summed E-state index contributed by atoms with van der Waals surface area (Å²) in [6.07, 6.45) is 3.66. The molecule has 1 N–H and O–H groups in total. The monoisotopic (exact) mass is 261 g/mol. The number of nitrogens with one attached hydrogen (secondary N) is 1. The van der Waals surface area contributed by atoms with Gasteiger partial charge in [0.1, 0.15) is 5.82 Å². The molecule has 0 bridgehead atoms. The lowest BCUT2D eigenvalue weighted by Crippen LogP contribution is -2.24. The van der Waals surface area contributed by atoms with E-state index < -0.39 is 0 Å². The Hall–Kier alpha value is -1.45. The van der Waals surface area contributed by atoms with Gasteiger partial charge >= 0.3 is 0 Å². The standard InChI is InChI=1S/C14H16ClN3/c1-3-16-13(11-5-4-6-12(15)7-11)14-17-8-10(2)9-18-14/h4-9,13,16H,3H2,1-2H3. The lowest BCUT2D eigenvalue weighted by atomic mass is 10.1. The second-order valence-corrected chi connectivity index (χ2v) is 4.60. The van der Waals surface area contributed by atoms with Crippen LogP contribution in [0.15, 0.2) is 36.7 Å². The van der Waals surface area contributed by atoms with E-state index in [1.165, 1.54) is 0 Å². The highest BCUT2D eigenvalue weighted by Crippen LogP contribution is 2.21. The molecule has 3 nitrogen and oxygen atoms in total. The molecule has 0 amide bonds. The van der Waals surface area contributed by atoms with E-state index in [2.05, 4.69) is 22.2 Å². The summed E-state index contributed by atoms with van der Waals surface area (Å²) in [6.45, 7) is 4.88. The first kappa shape index (κ1) is 13.0. The first-order chi connectivity index (χ1) is 8.70. The van der Waals surface area contributed by atoms with E-state index >= 15 is 0 Å². The molecular formula is C14H16ClN3. The zero-order chi connectivity index (χ0) is 13.0. The first-order valence-electron chi connectivity index (χ1n) is 5.98. The van der Waals surface area contributed by atoms with Crippen molar-refractivity contribution < 1.29 is 0 Å². The molecule has 0 fully saturated rings. The number of rotatable bonds is 4. The van der Waals surface area contributed by atoms with Crippen LogP contribution < -0.4 is 5.32 Å². The summed E-state index contributed by atoms with van der Waals surface area (Å²) < 4.78 is 0. The maximum Gasteiger partial charge on any atom is 0.149 e. The van der Waals surface area contributed by atoms with Crippen molar-refractivity contribution in [2.75, 3.05) is 6.54 Å². The van der Waals surface area contributed by atoms with Gasteiger partial charge in [0.15, 0.2) is 0 Å². The Morgan fingerprint density at radius 2 is 2.00 bits per heavy atom. The molecule has 0 aliphatic carbocycles. The van der Waals surface area contributed by atoms with E-state index in [1.807, 2.05) is 43.6 Å². The van der Waals surface area contributed by atoms with Gasteiger partial charge in [-0.15, -0.1) is 0 Å². The molecule has 0 saturated heterocycles. The number of hydrogen-bond donors (Lipinski definition) is 1. The third-order valence-electron chi connectivity index (χ3n) is 2.65. The predicted octanol–water partition coefficient (Wildman–Crippen LogP) is 3.14. The zero-order valence-electron chi connectivity index (χ0n) is 10.5. The Bertz CT molecular complexity index is 511. The highest BCUT2D eigenvalue weighted by molar-refractivity contribution is 6.30. The van der Waals surface area contributed by atoms with E-state index in [0.29, 0.717) is 0 Å².